The largest absolute Gasteiger partial charge is 0.497 e. The molecule has 3 aromatic rings. The molecule has 7 heteroatoms. The van der Waals surface area contributed by atoms with Crippen LogP contribution in [0.1, 0.15) is 24.2 Å². The molecule has 2 N–H and O–H groups in total. The van der Waals surface area contributed by atoms with Gasteiger partial charge in [0.2, 0.25) is 5.91 Å². The third-order valence-electron chi connectivity index (χ3n) is 5.45. The molecule has 0 radical (unpaired) electrons. The number of carbonyl (C=O) groups is 1. The zero-order chi connectivity index (χ0) is 19.5. The number of nitrogens with zero attached hydrogens (tertiary/aromatic N) is 2. The van der Waals surface area contributed by atoms with E-state index in [-0.39, 0.29) is 11.8 Å². The number of hydrogen-bond donors (Lipinski definition) is 2. The van der Waals surface area contributed by atoms with Gasteiger partial charge in [0.1, 0.15) is 11.5 Å². The lowest BCUT2D eigenvalue weighted by Gasteiger charge is -2.22. The SMILES string of the molecule is COc1cc(OC)c2cc(CCCNC(=O)[C@H]3CCn4cncc4C3)[nH]c2c1. The van der Waals surface area contributed by atoms with E-state index in [2.05, 4.69) is 25.9 Å². The van der Waals surface area contributed by atoms with Crippen molar-refractivity contribution in [1.29, 1.82) is 0 Å². The minimum atomic E-state index is 0.0500. The van der Waals surface area contributed by atoms with Crippen LogP contribution in [0.3, 0.4) is 0 Å². The van der Waals surface area contributed by atoms with Gasteiger partial charge in [-0.25, -0.2) is 4.98 Å². The van der Waals surface area contributed by atoms with E-state index >= 15 is 0 Å². The number of aromatic nitrogens is 3. The molecule has 1 amide bonds. The van der Waals surface area contributed by atoms with Crippen LogP contribution in [0.25, 0.3) is 10.9 Å². The summed E-state index contributed by atoms with van der Waals surface area (Å²) in [5.74, 6) is 1.75. The van der Waals surface area contributed by atoms with Crippen molar-refractivity contribution in [3.8, 4) is 11.5 Å². The molecule has 4 rings (SSSR count). The van der Waals surface area contributed by atoms with Gasteiger partial charge in [0.05, 0.1) is 26.1 Å². The molecule has 3 heterocycles. The minimum Gasteiger partial charge on any atom is -0.497 e. The third-order valence-corrected chi connectivity index (χ3v) is 5.45. The number of fused-ring (bicyclic) bond motifs is 2. The van der Waals surface area contributed by atoms with Crippen molar-refractivity contribution in [3.05, 3.63) is 42.1 Å². The molecule has 1 aliphatic rings. The maximum absolute atomic E-state index is 12.5. The summed E-state index contributed by atoms with van der Waals surface area (Å²) in [6.45, 7) is 1.54. The first-order chi connectivity index (χ1) is 13.7. The van der Waals surface area contributed by atoms with Crippen molar-refractivity contribution in [2.75, 3.05) is 20.8 Å². The van der Waals surface area contributed by atoms with E-state index < -0.39 is 0 Å². The average molecular weight is 382 g/mol. The van der Waals surface area contributed by atoms with E-state index in [1.165, 1.54) is 0 Å². The zero-order valence-electron chi connectivity index (χ0n) is 16.3. The van der Waals surface area contributed by atoms with Gasteiger partial charge in [-0.15, -0.1) is 0 Å². The predicted octanol–water partition coefficient (Wildman–Crippen LogP) is 2.69. The van der Waals surface area contributed by atoms with E-state index in [9.17, 15) is 4.79 Å². The van der Waals surface area contributed by atoms with E-state index in [4.69, 9.17) is 9.47 Å². The fourth-order valence-corrected chi connectivity index (χ4v) is 3.89. The molecule has 1 aromatic carbocycles. The summed E-state index contributed by atoms with van der Waals surface area (Å²) in [4.78, 5) is 20.0. The van der Waals surface area contributed by atoms with Crippen LogP contribution in [0, 0.1) is 5.92 Å². The third kappa shape index (κ3) is 3.69. The second-order valence-corrected chi connectivity index (χ2v) is 7.25. The minimum absolute atomic E-state index is 0.0500. The Morgan fingerprint density at radius 1 is 1.32 bits per heavy atom. The van der Waals surface area contributed by atoms with Gasteiger partial charge in [0.25, 0.3) is 0 Å². The van der Waals surface area contributed by atoms with Crippen LogP contribution in [0.5, 0.6) is 11.5 Å². The fourth-order valence-electron chi connectivity index (χ4n) is 3.89. The van der Waals surface area contributed by atoms with Crippen molar-refractivity contribution in [2.45, 2.75) is 32.2 Å². The number of carbonyl (C=O) groups excluding carboxylic acids is 1. The number of benzene rings is 1. The molecular weight excluding hydrogens is 356 g/mol. The molecule has 2 aromatic heterocycles. The second kappa shape index (κ2) is 7.96. The lowest BCUT2D eigenvalue weighted by atomic mass is 9.95. The monoisotopic (exact) mass is 382 g/mol. The van der Waals surface area contributed by atoms with Gasteiger partial charge in [-0.1, -0.05) is 0 Å². The van der Waals surface area contributed by atoms with Crippen LogP contribution in [-0.4, -0.2) is 41.2 Å². The highest BCUT2D eigenvalue weighted by molar-refractivity contribution is 5.88. The summed E-state index contributed by atoms with van der Waals surface area (Å²) in [5, 5.41) is 4.14. The van der Waals surface area contributed by atoms with Crippen molar-refractivity contribution < 1.29 is 14.3 Å². The van der Waals surface area contributed by atoms with Gasteiger partial charge in [0, 0.05) is 60.5 Å². The number of amides is 1. The molecule has 0 unspecified atom stereocenters. The summed E-state index contributed by atoms with van der Waals surface area (Å²) < 4.78 is 12.9. The van der Waals surface area contributed by atoms with Crippen LogP contribution >= 0.6 is 0 Å². The number of ether oxygens (including phenoxy) is 2. The molecular formula is C21H26N4O3. The number of rotatable bonds is 7. The highest BCUT2D eigenvalue weighted by Gasteiger charge is 2.24. The highest BCUT2D eigenvalue weighted by Crippen LogP contribution is 2.31. The van der Waals surface area contributed by atoms with Gasteiger partial charge < -0.3 is 24.3 Å². The summed E-state index contributed by atoms with van der Waals surface area (Å²) in [6, 6.07) is 5.96. The van der Waals surface area contributed by atoms with Gasteiger partial charge in [0.15, 0.2) is 0 Å². The molecule has 148 valence electrons. The molecule has 7 nitrogen and oxygen atoms in total. The average Bonchev–Trinajstić information content (AvgIpc) is 3.35. The van der Waals surface area contributed by atoms with Crippen LogP contribution in [-0.2, 0) is 24.2 Å². The van der Waals surface area contributed by atoms with Crippen molar-refractivity contribution in [2.24, 2.45) is 5.92 Å². The van der Waals surface area contributed by atoms with E-state index in [1.54, 1.807) is 14.2 Å². The molecule has 0 spiro atoms. The first-order valence-corrected chi connectivity index (χ1v) is 9.68. The Balaban J connectivity index is 1.30. The number of H-pyrrole nitrogens is 1. The second-order valence-electron chi connectivity index (χ2n) is 7.25. The number of hydrogen-bond acceptors (Lipinski definition) is 4. The van der Waals surface area contributed by atoms with Crippen LogP contribution in [0.4, 0.5) is 0 Å². The van der Waals surface area contributed by atoms with Crippen LogP contribution in [0.2, 0.25) is 0 Å². The van der Waals surface area contributed by atoms with Crippen molar-refractivity contribution >= 4 is 16.8 Å². The smallest absolute Gasteiger partial charge is 0.223 e. The molecule has 28 heavy (non-hydrogen) atoms. The number of methoxy groups -OCH3 is 2. The van der Waals surface area contributed by atoms with Gasteiger partial charge in [-0.3, -0.25) is 4.79 Å². The van der Waals surface area contributed by atoms with E-state index in [0.29, 0.717) is 6.54 Å². The topological polar surface area (TPSA) is 81.2 Å². The predicted molar refractivity (Wildman–Crippen MR) is 107 cm³/mol. The molecule has 1 atom stereocenters. The van der Waals surface area contributed by atoms with Crippen LogP contribution < -0.4 is 14.8 Å². The lowest BCUT2D eigenvalue weighted by Crippen LogP contribution is -2.35. The maximum atomic E-state index is 12.5. The van der Waals surface area contributed by atoms with E-state index in [0.717, 1.165) is 66.0 Å². The Hall–Kier alpha value is -2.96. The van der Waals surface area contributed by atoms with Crippen molar-refractivity contribution in [1.82, 2.24) is 19.9 Å². The molecule has 0 aliphatic carbocycles. The van der Waals surface area contributed by atoms with E-state index in [1.807, 2.05) is 24.7 Å². The maximum Gasteiger partial charge on any atom is 0.223 e. The van der Waals surface area contributed by atoms with Crippen molar-refractivity contribution in [3.63, 3.8) is 0 Å². The standard InChI is InChI=1S/C21H26N4O3/c1-27-17-10-19-18(20(11-17)28-2)9-15(24-19)4-3-6-23-21(26)14-5-7-25-13-22-12-16(25)8-14/h9-14,24H,3-8H2,1-2H3,(H,23,26)/t14-/m0/s1. The Kier molecular flexibility index (Phi) is 5.23. The number of aryl methyl sites for hydroxylation is 2. The molecule has 1 aliphatic heterocycles. The fraction of sp³-hybridized carbons (Fsp3) is 0.429. The van der Waals surface area contributed by atoms with Gasteiger partial charge in [-0.2, -0.15) is 0 Å². The zero-order valence-corrected chi connectivity index (χ0v) is 16.3. The number of imidazole rings is 1. The molecule has 0 fully saturated rings. The highest BCUT2D eigenvalue weighted by atomic mass is 16.5. The normalized spacial score (nSPS) is 16.0. The number of aromatic amines is 1. The Labute approximate surface area is 164 Å². The summed E-state index contributed by atoms with van der Waals surface area (Å²) >= 11 is 0. The first kappa shape index (κ1) is 18.4. The summed E-state index contributed by atoms with van der Waals surface area (Å²) in [5.41, 5.74) is 3.26. The Morgan fingerprint density at radius 2 is 2.21 bits per heavy atom. The Morgan fingerprint density at radius 3 is 3.04 bits per heavy atom. The quantitative estimate of drug-likeness (QED) is 0.616. The number of nitrogens with one attached hydrogen (secondary N) is 2. The molecule has 0 saturated carbocycles. The summed E-state index contributed by atoms with van der Waals surface area (Å²) in [7, 11) is 3.31. The summed E-state index contributed by atoms with van der Waals surface area (Å²) in [6.07, 6.45) is 7.09. The first-order valence-electron chi connectivity index (χ1n) is 9.68. The van der Waals surface area contributed by atoms with Gasteiger partial charge >= 0.3 is 0 Å². The molecule has 0 saturated heterocycles. The lowest BCUT2D eigenvalue weighted by molar-refractivity contribution is -0.125. The Bertz CT molecular complexity index is 975. The molecule has 0 bridgehead atoms. The van der Waals surface area contributed by atoms with Crippen LogP contribution in [0.15, 0.2) is 30.7 Å². The van der Waals surface area contributed by atoms with Gasteiger partial charge in [-0.05, 0) is 25.3 Å².